The zero-order valence-corrected chi connectivity index (χ0v) is 14.2. The van der Waals surface area contributed by atoms with Crippen molar-refractivity contribution >= 4 is 34.6 Å². The van der Waals surface area contributed by atoms with Gasteiger partial charge in [-0.15, -0.1) is 11.3 Å². The summed E-state index contributed by atoms with van der Waals surface area (Å²) >= 11 is 7.02. The van der Waals surface area contributed by atoms with E-state index in [1.807, 2.05) is 30.3 Å². The first-order valence-electron chi connectivity index (χ1n) is 7.38. The number of carbonyl (C=O) groups excluding carboxylic acids is 2. The minimum absolute atomic E-state index is 0.0514. The number of halogens is 1. The van der Waals surface area contributed by atoms with Crippen LogP contribution in [0.4, 0.5) is 0 Å². The summed E-state index contributed by atoms with van der Waals surface area (Å²) in [6.07, 6.45) is 1.10. The molecule has 2 rings (SSSR count). The molecule has 122 valence electrons. The largest absolute Gasteiger partial charge is 0.494 e. The third-order valence-corrected chi connectivity index (χ3v) is 4.35. The maximum absolute atomic E-state index is 11.8. The van der Waals surface area contributed by atoms with Gasteiger partial charge in [-0.25, -0.2) is 0 Å². The lowest BCUT2D eigenvalue weighted by atomic mass is 10.2. The SMILES string of the molecule is O=C(CCC(=O)c1ccc(Cl)s1)NCCCOc1ccccc1. The molecule has 0 saturated carbocycles. The van der Waals surface area contributed by atoms with Crippen molar-refractivity contribution in [1.29, 1.82) is 0 Å². The van der Waals surface area contributed by atoms with E-state index in [0.29, 0.717) is 22.4 Å². The molecule has 0 aliphatic heterocycles. The van der Waals surface area contributed by atoms with Crippen LogP contribution in [-0.2, 0) is 4.79 Å². The number of Topliss-reactive ketones (excluding diaryl/α,β-unsaturated/α-hetero) is 1. The van der Waals surface area contributed by atoms with E-state index in [9.17, 15) is 9.59 Å². The molecule has 0 saturated heterocycles. The monoisotopic (exact) mass is 351 g/mol. The third-order valence-electron chi connectivity index (χ3n) is 3.08. The highest BCUT2D eigenvalue weighted by molar-refractivity contribution is 7.18. The number of rotatable bonds is 9. The minimum atomic E-state index is -0.124. The molecule has 1 aromatic heterocycles. The molecule has 0 radical (unpaired) electrons. The van der Waals surface area contributed by atoms with Gasteiger partial charge in [0.25, 0.3) is 0 Å². The molecule has 0 atom stereocenters. The summed E-state index contributed by atoms with van der Waals surface area (Å²) in [5.74, 6) is 0.643. The van der Waals surface area contributed by atoms with Gasteiger partial charge in [0.15, 0.2) is 5.78 Å². The van der Waals surface area contributed by atoms with Crippen LogP contribution in [-0.4, -0.2) is 24.8 Å². The molecule has 1 N–H and O–H groups in total. The van der Waals surface area contributed by atoms with E-state index in [1.165, 1.54) is 11.3 Å². The molecule has 0 fully saturated rings. The minimum Gasteiger partial charge on any atom is -0.494 e. The van der Waals surface area contributed by atoms with Gasteiger partial charge in [0.1, 0.15) is 5.75 Å². The fourth-order valence-corrected chi connectivity index (χ4v) is 2.92. The molecule has 0 unspecified atom stereocenters. The second kappa shape index (κ2) is 9.33. The Morgan fingerprint density at radius 3 is 2.57 bits per heavy atom. The molecule has 0 aliphatic rings. The Morgan fingerprint density at radius 1 is 1.09 bits per heavy atom. The average molecular weight is 352 g/mol. The van der Waals surface area contributed by atoms with Crippen LogP contribution in [0.5, 0.6) is 5.75 Å². The Labute approximate surface area is 144 Å². The average Bonchev–Trinajstić information content (AvgIpc) is 3.00. The van der Waals surface area contributed by atoms with Crippen molar-refractivity contribution in [3.05, 3.63) is 51.7 Å². The zero-order valence-electron chi connectivity index (χ0n) is 12.6. The van der Waals surface area contributed by atoms with Gasteiger partial charge in [-0.05, 0) is 30.7 Å². The Morgan fingerprint density at radius 2 is 1.87 bits per heavy atom. The molecule has 1 heterocycles. The van der Waals surface area contributed by atoms with E-state index in [2.05, 4.69) is 5.32 Å². The lowest BCUT2D eigenvalue weighted by Gasteiger charge is -2.07. The van der Waals surface area contributed by atoms with Gasteiger partial charge in [-0.3, -0.25) is 9.59 Å². The highest BCUT2D eigenvalue weighted by atomic mass is 35.5. The number of ketones is 1. The first-order chi connectivity index (χ1) is 11.1. The number of para-hydroxylation sites is 1. The third kappa shape index (κ3) is 6.42. The Bertz CT molecular complexity index is 642. The van der Waals surface area contributed by atoms with Crippen molar-refractivity contribution in [1.82, 2.24) is 5.32 Å². The van der Waals surface area contributed by atoms with Crippen LogP contribution >= 0.6 is 22.9 Å². The van der Waals surface area contributed by atoms with Crippen LogP contribution < -0.4 is 10.1 Å². The van der Waals surface area contributed by atoms with Gasteiger partial charge >= 0.3 is 0 Å². The first kappa shape index (κ1) is 17.5. The van der Waals surface area contributed by atoms with E-state index in [-0.39, 0.29) is 24.5 Å². The number of thiophene rings is 1. The Balaban J connectivity index is 1.56. The zero-order chi connectivity index (χ0) is 16.5. The molecule has 2 aromatic rings. The van der Waals surface area contributed by atoms with Crippen LogP contribution in [0.2, 0.25) is 4.34 Å². The van der Waals surface area contributed by atoms with Gasteiger partial charge in [0, 0.05) is 19.4 Å². The molecule has 4 nitrogen and oxygen atoms in total. The van der Waals surface area contributed by atoms with Gasteiger partial charge < -0.3 is 10.1 Å². The molecule has 6 heteroatoms. The predicted molar refractivity (Wildman–Crippen MR) is 92.5 cm³/mol. The number of amides is 1. The second-order valence-electron chi connectivity index (χ2n) is 4.89. The van der Waals surface area contributed by atoms with Gasteiger partial charge in [0.2, 0.25) is 5.91 Å². The fraction of sp³-hybridized carbons (Fsp3) is 0.294. The summed E-state index contributed by atoms with van der Waals surface area (Å²) in [5, 5.41) is 2.79. The van der Waals surface area contributed by atoms with Crippen LogP contribution in [0.3, 0.4) is 0 Å². The van der Waals surface area contributed by atoms with E-state index >= 15 is 0 Å². The number of hydrogen-bond acceptors (Lipinski definition) is 4. The van der Waals surface area contributed by atoms with Crippen molar-refractivity contribution in [2.75, 3.05) is 13.2 Å². The van der Waals surface area contributed by atoms with Crippen LogP contribution in [0.1, 0.15) is 28.9 Å². The van der Waals surface area contributed by atoms with E-state index < -0.39 is 0 Å². The van der Waals surface area contributed by atoms with Crippen LogP contribution in [0.25, 0.3) is 0 Å². The lowest BCUT2D eigenvalue weighted by Crippen LogP contribution is -2.25. The molecule has 23 heavy (non-hydrogen) atoms. The molecule has 0 spiro atoms. The van der Waals surface area contributed by atoms with Gasteiger partial charge in [-0.1, -0.05) is 29.8 Å². The summed E-state index contributed by atoms with van der Waals surface area (Å²) in [5.41, 5.74) is 0. The normalized spacial score (nSPS) is 10.3. The summed E-state index contributed by atoms with van der Waals surface area (Å²) in [6, 6.07) is 12.9. The molecular formula is C17H18ClNO3S. The second-order valence-corrected chi connectivity index (χ2v) is 6.61. The summed E-state index contributed by atoms with van der Waals surface area (Å²) in [4.78, 5) is 24.1. The molecule has 0 bridgehead atoms. The molecular weight excluding hydrogens is 334 g/mol. The molecule has 1 aromatic carbocycles. The van der Waals surface area contributed by atoms with Gasteiger partial charge in [-0.2, -0.15) is 0 Å². The highest BCUT2D eigenvalue weighted by Gasteiger charge is 2.11. The van der Waals surface area contributed by atoms with E-state index in [4.69, 9.17) is 16.3 Å². The maximum Gasteiger partial charge on any atom is 0.220 e. The van der Waals surface area contributed by atoms with Crippen LogP contribution in [0, 0.1) is 0 Å². The number of ether oxygens (including phenoxy) is 1. The molecule has 0 aliphatic carbocycles. The Kier molecular flexibility index (Phi) is 7.10. The number of nitrogens with one attached hydrogen (secondary N) is 1. The maximum atomic E-state index is 11.8. The smallest absolute Gasteiger partial charge is 0.220 e. The number of benzene rings is 1. The summed E-state index contributed by atoms with van der Waals surface area (Å²) in [6.45, 7) is 1.07. The number of carbonyl (C=O) groups is 2. The van der Waals surface area contributed by atoms with Gasteiger partial charge in [0.05, 0.1) is 15.8 Å². The van der Waals surface area contributed by atoms with Crippen molar-refractivity contribution in [2.45, 2.75) is 19.3 Å². The number of hydrogen-bond donors (Lipinski definition) is 1. The lowest BCUT2D eigenvalue weighted by molar-refractivity contribution is -0.121. The Hall–Kier alpha value is -1.85. The standard InChI is InChI=1S/C17H18ClNO3S/c18-16-9-8-15(23-16)14(20)7-10-17(21)19-11-4-12-22-13-5-2-1-3-6-13/h1-3,5-6,8-9H,4,7,10-12H2,(H,19,21). The first-order valence-corrected chi connectivity index (χ1v) is 8.57. The quantitative estimate of drug-likeness (QED) is 0.549. The fourth-order valence-electron chi connectivity index (χ4n) is 1.91. The molecule has 1 amide bonds. The topological polar surface area (TPSA) is 55.4 Å². The highest BCUT2D eigenvalue weighted by Crippen LogP contribution is 2.22. The van der Waals surface area contributed by atoms with Crippen molar-refractivity contribution < 1.29 is 14.3 Å². The summed E-state index contributed by atoms with van der Waals surface area (Å²) in [7, 11) is 0. The van der Waals surface area contributed by atoms with Crippen molar-refractivity contribution in [2.24, 2.45) is 0 Å². The summed E-state index contributed by atoms with van der Waals surface area (Å²) < 4.78 is 6.11. The van der Waals surface area contributed by atoms with Crippen molar-refractivity contribution in [3.8, 4) is 5.75 Å². The van der Waals surface area contributed by atoms with E-state index in [1.54, 1.807) is 12.1 Å². The predicted octanol–water partition coefficient (Wildman–Crippen LogP) is 3.95. The van der Waals surface area contributed by atoms with Crippen molar-refractivity contribution in [3.63, 3.8) is 0 Å². The van der Waals surface area contributed by atoms with Crippen LogP contribution in [0.15, 0.2) is 42.5 Å². The van der Waals surface area contributed by atoms with E-state index in [0.717, 1.165) is 12.2 Å².